The van der Waals surface area contributed by atoms with Gasteiger partial charge in [0.1, 0.15) is 6.10 Å². The van der Waals surface area contributed by atoms with Gasteiger partial charge in [-0.1, -0.05) is 6.08 Å². The molecule has 0 spiro atoms. The number of aliphatic hydroxyl groups is 1. The fourth-order valence-corrected chi connectivity index (χ4v) is 2.55. The van der Waals surface area contributed by atoms with E-state index in [-0.39, 0.29) is 30.4 Å². The molecule has 3 atom stereocenters. The SMILES string of the molecule is CNC(=O)O[C@@H](CCO)[C@@H](NC(C)=O)[C@@H]1C=C(C(=O)O)CC1. The van der Waals surface area contributed by atoms with Gasteiger partial charge >= 0.3 is 12.1 Å². The van der Waals surface area contributed by atoms with Crippen LogP contribution in [0.15, 0.2) is 11.6 Å². The van der Waals surface area contributed by atoms with Crippen LogP contribution < -0.4 is 10.6 Å². The van der Waals surface area contributed by atoms with Crippen molar-refractivity contribution in [2.75, 3.05) is 13.7 Å². The second kappa shape index (κ2) is 8.38. The fraction of sp³-hybridized carbons (Fsp3) is 0.643. The second-order valence-corrected chi connectivity index (χ2v) is 5.13. The zero-order valence-electron chi connectivity index (χ0n) is 12.7. The van der Waals surface area contributed by atoms with Crippen LogP contribution in [0.1, 0.15) is 26.2 Å². The van der Waals surface area contributed by atoms with Crippen LogP contribution in [-0.2, 0) is 14.3 Å². The van der Waals surface area contributed by atoms with E-state index in [9.17, 15) is 14.4 Å². The van der Waals surface area contributed by atoms with Gasteiger partial charge in [-0.3, -0.25) is 4.79 Å². The van der Waals surface area contributed by atoms with Gasteiger partial charge in [-0.05, 0) is 12.8 Å². The normalized spacial score (nSPS) is 19.8. The molecule has 8 nitrogen and oxygen atoms in total. The summed E-state index contributed by atoms with van der Waals surface area (Å²) in [6.45, 7) is 1.11. The highest BCUT2D eigenvalue weighted by atomic mass is 16.6. The average Bonchev–Trinajstić information content (AvgIpc) is 2.93. The van der Waals surface area contributed by atoms with E-state index in [2.05, 4.69) is 10.6 Å². The lowest BCUT2D eigenvalue weighted by molar-refractivity contribution is -0.132. The smallest absolute Gasteiger partial charge is 0.407 e. The van der Waals surface area contributed by atoms with Gasteiger partial charge in [0, 0.05) is 38.5 Å². The molecule has 0 saturated heterocycles. The number of aliphatic carboxylic acids is 1. The first-order chi connectivity index (χ1) is 10.4. The van der Waals surface area contributed by atoms with E-state index in [0.717, 1.165) is 0 Å². The molecular weight excluding hydrogens is 292 g/mol. The van der Waals surface area contributed by atoms with Gasteiger partial charge in [0.25, 0.3) is 0 Å². The third kappa shape index (κ3) is 5.03. The molecule has 124 valence electrons. The molecule has 1 aliphatic rings. The number of carbonyl (C=O) groups is 3. The van der Waals surface area contributed by atoms with Crippen LogP contribution in [0.25, 0.3) is 0 Å². The number of nitrogens with one attached hydrogen (secondary N) is 2. The molecule has 0 aromatic heterocycles. The molecule has 1 rings (SSSR count). The standard InChI is InChI=1S/C14H22N2O6/c1-8(18)16-12(9-3-4-10(7-9)13(19)20)11(5-6-17)22-14(21)15-2/h7,9,11-12,17H,3-6H2,1-2H3,(H,15,21)(H,16,18)(H,19,20)/t9-,11-,12-/m0/s1. The van der Waals surface area contributed by atoms with Crippen LogP contribution in [0.2, 0.25) is 0 Å². The van der Waals surface area contributed by atoms with Crippen LogP contribution in [0, 0.1) is 5.92 Å². The van der Waals surface area contributed by atoms with Gasteiger partial charge in [0.2, 0.25) is 5.91 Å². The Bertz CT molecular complexity index is 462. The van der Waals surface area contributed by atoms with E-state index in [1.54, 1.807) is 6.08 Å². The third-order valence-electron chi connectivity index (χ3n) is 3.54. The summed E-state index contributed by atoms with van der Waals surface area (Å²) in [5, 5.41) is 23.2. The summed E-state index contributed by atoms with van der Waals surface area (Å²) < 4.78 is 5.21. The maximum absolute atomic E-state index is 11.4. The molecule has 0 unspecified atom stereocenters. The summed E-state index contributed by atoms with van der Waals surface area (Å²) in [5.41, 5.74) is 0.281. The van der Waals surface area contributed by atoms with E-state index < -0.39 is 24.2 Å². The summed E-state index contributed by atoms with van der Waals surface area (Å²) in [7, 11) is 1.41. The molecule has 4 N–H and O–H groups in total. The lowest BCUT2D eigenvalue weighted by Crippen LogP contribution is -2.49. The number of carboxylic acids is 1. The van der Waals surface area contributed by atoms with Gasteiger partial charge in [-0.25, -0.2) is 9.59 Å². The molecule has 0 fully saturated rings. The molecule has 0 aromatic rings. The van der Waals surface area contributed by atoms with Crippen molar-refractivity contribution in [2.45, 2.75) is 38.3 Å². The third-order valence-corrected chi connectivity index (χ3v) is 3.54. The Morgan fingerprint density at radius 1 is 1.45 bits per heavy atom. The lowest BCUT2D eigenvalue weighted by atomic mass is 9.92. The molecule has 0 saturated carbocycles. The highest BCUT2D eigenvalue weighted by molar-refractivity contribution is 5.87. The predicted molar refractivity (Wildman–Crippen MR) is 77.1 cm³/mol. The fourth-order valence-electron chi connectivity index (χ4n) is 2.55. The quantitative estimate of drug-likeness (QED) is 0.525. The first-order valence-electron chi connectivity index (χ1n) is 7.09. The van der Waals surface area contributed by atoms with Gasteiger partial charge in [0.15, 0.2) is 0 Å². The van der Waals surface area contributed by atoms with E-state index in [1.165, 1.54) is 14.0 Å². The Kier molecular flexibility index (Phi) is 6.84. The summed E-state index contributed by atoms with van der Waals surface area (Å²) in [4.78, 5) is 33.9. The zero-order chi connectivity index (χ0) is 16.7. The monoisotopic (exact) mass is 314 g/mol. The van der Waals surface area contributed by atoms with E-state index in [1.807, 2.05) is 0 Å². The minimum atomic E-state index is -0.991. The lowest BCUT2D eigenvalue weighted by Gasteiger charge is -2.30. The van der Waals surface area contributed by atoms with Crippen molar-refractivity contribution >= 4 is 18.0 Å². The molecule has 1 aliphatic carbocycles. The highest BCUT2D eigenvalue weighted by Crippen LogP contribution is 2.29. The number of alkyl carbamates (subject to hydrolysis) is 1. The maximum atomic E-state index is 11.4. The second-order valence-electron chi connectivity index (χ2n) is 5.13. The van der Waals surface area contributed by atoms with E-state index in [4.69, 9.17) is 14.9 Å². The molecule has 0 aromatic carbocycles. The maximum Gasteiger partial charge on any atom is 0.407 e. The summed E-state index contributed by atoms with van der Waals surface area (Å²) in [5.74, 6) is -1.57. The number of hydrogen-bond donors (Lipinski definition) is 4. The Balaban J connectivity index is 2.95. The van der Waals surface area contributed by atoms with Crippen molar-refractivity contribution in [3.05, 3.63) is 11.6 Å². The molecule has 0 radical (unpaired) electrons. The minimum Gasteiger partial charge on any atom is -0.478 e. The Morgan fingerprint density at radius 3 is 2.59 bits per heavy atom. The molecule has 22 heavy (non-hydrogen) atoms. The van der Waals surface area contributed by atoms with Gasteiger partial charge < -0.3 is 25.6 Å². The Morgan fingerprint density at radius 2 is 2.14 bits per heavy atom. The summed E-state index contributed by atoms with van der Waals surface area (Å²) in [6.07, 6.45) is 1.23. The molecular formula is C14H22N2O6. The van der Waals surface area contributed by atoms with E-state index in [0.29, 0.717) is 12.8 Å². The molecule has 2 amide bonds. The number of aliphatic hydroxyl groups excluding tert-OH is 1. The van der Waals surface area contributed by atoms with Crippen LogP contribution in [-0.4, -0.2) is 54.0 Å². The van der Waals surface area contributed by atoms with Crippen LogP contribution >= 0.6 is 0 Å². The topological polar surface area (TPSA) is 125 Å². The number of amides is 2. The van der Waals surface area contributed by atoms with Crippen LogP contribution in [0.4, 0.5) is 4.79 Å². The van der Waals surface area contributed by atoms with Crippen molar-refractivity contribution in [3.63, 3.8) is 0 Å². The van der Waals surface area contributed by atoms with Crippen molar-refractivity contribution in [1.29, 1.82) is 0 Å². The average molecular weight is 314 g/mol. The Hall–Kier alpha value is -2.09. The van der Waals surface area contributed by atoms with Crippen molar-refractivity contribution < 1.29 is 29.3 Å². The number of hydrogen-bond acceptors (Lipinski definition) is 5. The number of ether oxygens (including phenoxy) is 1. The highest BCUT2D eigenvalue weighted by Gasteiger charge is 2.35. The first-order valence-corrected chi connectivity index (χ1v) is 7.09. The molecule has 0 aliphatic heterocycles. The zero-order valence-corrected chi connectivity index (χ0v) is 12.7. The van der Waals surface area contributed by atoms with Crippen molar-refractivity contribution in [2.24, 2.45) is 5.92 Å². The van der Waals surface area contributed by atoms with Gasteiger partial charge in [-0.15, -0.1) is 0 Å². The Labute approximate surface area is 128 Å². The minimum absolute atomic E-state index is 0.144. The van der Waals surface area contributed by atoms with Crippen LogP contribution in [0.3, 0.4) is 0 Å². The van der Waals surface area contributed by atoms with Gasteiger partial charge in [0.05, 0.1) is 6.04 Å². The predicted octanol–water partition coefficient (Wildman–Crippen LogP) is 0.0191. The molecule has 0 bridgehead atoms. The number of carboxylic acid groups (broad SMARTS) is 1. The van der Waals surface area contributed by atoms with Gasteiger partial charge in [-0.2, -0.15) is 0 Å². The van der Waals surface area contributed by atoms with Crippen molar-refractivity contribution in [1.82, 2.24) is 10.6 Å². The summed E-state index contributed by atoms with van der Waals surface area (Å²) >= 11 is 0. The largest absolute Gasteiger partial charge is 0.478 e. The number of rotatable bonds is 7. The first kappa shape index (κ1) is 18.0. The van der Waals surface area contributed by atoms with Crippen molar-refractivity contribution in [3.8, 4) is 0 Å². The van der Waals surface area contributed by atoms with Crippen LogP contribution in [0.5, 0.6) is 0 Å². The molecule has 0 heterocycles. The van der Waals surface area contributed by atoms with E-state index >= 15 is 0 Å². The summed E-state index contributed by atoms with van der Waals surface area (Å²) in [6, 6.07) is -0.584. The molecule has 8 heteroatoms. The number of carbonyl (C=O) groups excluding carboxylic acids is 2.